The normalized spacial score (nSPS) is 10.9. The third-order valence-corrected chi connectivity index (χ3v) is 3.03. The zero-order valence-electron chi connectivity index (χ0n) is 11.4. The van der Waals surface area contributed by atoms with Gasteiger partial charge in [-0.25, -0.2) is 9.97 Å². The van der Waals surface area contributed by atoms with Crippen LogP contribution in [0.25, 0.3) is 16.9 Å². The van der Waals surface area contributed by atoms with E-state index in [0.29, 0.717) is 11.2 Å². The van der Waals surface area contributed by atoms with E-state index in [1.807, 2.05) is 24.3 Å². The minimum absolute atomic E-state index is 0.677. The number of ether oxygens (including phenoxy) is 1. The van der Waals surface area contributed by atoms with Crippen LogP contribution in [-0.4, -0.2) is 32.1 Å². The number of para-hydroxylation sites is 2. The molecular weight excluding hydrogens is 254 g/mol. The molecule has 0 aliphatic carbocycles. The van der Waals surface area contributed by atoms with Gasteiger partial charge in [-0.3, -0.25) is 0 Å². The van der Waals surface area contributed by atoms with Crippen molar-refractivity contribution < 1.29 is 4.74 Å². The fourth-order valence-corrected chi connectivity index (χ4v) is 2.07. The van der Waals surface area contributed by atoms with Crippen LogP contribution in [0, 0.1) is 0 Å². The van der Waals surface area contributed by atoms with Gasteiger partial charge in [0, 0.05) is 6.42 Å². The molecule has 0 saturated heterocycles. The van der Waals surface area contributed by atoms with Crippen molar-refractivity contribution in [2.24, 2.45) is 0 Å². The molecule has 0 amide bonds. The highest BCUT2D eigenvalue weighted by molar-refractivity contribution is 5.71. The molecule has 102 valence electrons. The van der Waals surface area contributed by atoms with Gasteiger partial charge in [-0.2, -0.15) is 4.68 Å². The minimum Gasteiger partial charge on any atom is -0.494 e. The average molecular weight is 269 g/mol. The summed E-state index contributed by atoms with van der Waals surface area (Å²) in [5.41, 5.74) is 2.20. The van der Waals surface area contributed by atoms with Gasteiger partial charge in [0.15, 0.2) is 11.2 Å². The van der Waals surface area contributed by atoms with Gasteiger partial charge in [-0.1, -0.05) is 24.3 Å². The Morgan fingerprint density at radius 2 is 2.10 bits per heavy atom. The number of hydrogen-bond acceptors (Lipinski definition) is 5. The molecule has 20 heavy (non-hydrogen) atoms. The molecule has 0 bridgehead atoms. The summed E-state index contributed by atoms with van der Waals surface area (Å²) in [6, 6.07) is 7.66. The number of fused-ring (bicyclic) bond motifs is 1. The van der Waals surface area contributed by atoms with E-state index in [1.165, 1.54) is 0 Å². The van der Waals surface area contributed by atoms with Gasteiger partial charge in [0.2, 0.25) is 0 Å². The van der Waals surface area contributed by atoms with Crippen molar-refractivity contribution in [2.75, 3.05) is 7.11 Å². The number of hydrogen-bond donors (Lipinski definition) is 0. The van der Waals surface area contributed by atoms with Crippen molar-refractivity contribution in [1.82, 2.24) is 25.0 Å². The van der Waals surface area contributed by atoms with Crippen LogP contribution in [0.3, 0.4) is 0 Å². The molecule has 6 heteroatoms. The molecule has 0 radical (unpaired) electrons. The maximum absolute atomic E-state index is 5.36. The third kappa shape index (κ3) is 2.09. The highest BCUT2D eigenvalue weighted by atomic mass is 16.5. The summed E-state index contributed by atoms with van der Waals surface area (Å²) in [5, 5.41) is 8.26. The number of rotatable bonds is 4. The van der Waals surface area contributed by atoms with E-state index in [0.717, 1.165) is 30.1 Å². The standard InChI is InChI=1S/C14H15N5O/c1-3-6-13-15-9-10-14(16-13)19(18-17-10)11-7-4-5-8-12(11)20-2/h4-5,7-9H,3,6H2,1-2H3. The second-order valence-corrected chi connectivity index (χ2v) is 4.42. The topological polar surface area (TPSA) is 65.7 Å². The molecule has 3 rings (SSSR count). The molecule has 6 nitrogen and oxygen atoms in total. The van der Waals surface area contributed by atoms with Crippen LogP contribution in [-0.2, 0) is 6.42 Å². The first kappa shape index (κ1) is 12.5. The Kier molecular flexibility index (Phi) is 3.28. The molecule has 0 aliphatic heterocycles. The SMILES string of the molecule is CCCc1ncc2nnn(-c3ccccc3OC)c2n1. The van der Waals surface area contributed by atoms with E-state index < -0.39 is 0 Å². The summed E-state index contributed by atoms with van der Waals surface area (Å²) in [5.74, 6) is 1.54. The van der Waals surface area contributed by atoms with Gasteiger partial charge in [0.25, 0.3) is 0 Å². The van der Waals surface area contributed by atoms with Crippen molar-refractivity contribution in [2.45, 2.75) is 19.8 Å². The number of aryl methyl sites for hydroxylation is 1. The van der Waals surface area contributed by atoms with Gasteiger partial charge in [0.1, 0.15) is 17.3 Å². The second-order valence-electron chi connectivity index (χ2n) is 4.42. The Morgan fingerprint density at radius 1 is 1.25 bits per heavy atom. The average Bonchev–Trinajstić information content (AvgIpc) is 2.90. The van der Waals surface area contributed by atoms with Crippen LogP contribution >= 0.6 is 0 Å². The summed E-state index contributed by atoms with van der Waals surface area (Å²) < 4.78 is 7.05. The maximum atomic E-state index is 5.36. The molecule has 1 aromatic carbocycles. The molecule has 0 fully saturated rings. The summed E-state index contributed by atoms with van der Waals surface area (Å²) in [4.78, 5) is 8.84. The Balaban J connectivity index is 2.18. The highest BCUT2D eigenvalue weighted by Crippen LogP contribution is 2.23. The monoisotopic (exact) mass is 269 g/mol. The van der Waals surface area contributed by atoms with Crippen LogP contribution < -0.4 is 4.74 Å². The summed E-state index contributed by atoms with van der Waals surface area (Å²) >= 11 is 0. The van der Waals surface area contributed by atoms with Crippen LogP contribution in [0.4, 0.5) is 0 Å². The van der Waals surface area contributed by atoms with Gasteiger partial charge in [-0.15, -0.1) is 5.10 Å². The van der Waals surface area contributed by atoms with Crippen molar-refractivity contribution in [3.63, 3.8) is 0 Å². The molecule has 0 N–H and O–H groups in total. The maximum Gasteiger partial charge on any atom is 0.187 e. The highest BCUT2D eigenvalue weighted by Gasteiger charge is 2.12. The smallest absolute Gasteiger partial charge is 0.187 e. The first-order valence-corrected chi connectivity index (χ1v) is 6.54. The molecule has 0 atom stereocenters. The lowest BCUT2D eigenvalue weighted by atomic mass is 10.3. The Labute approximate surface area is 116 Å². The Bertz CT molecular complexity index is 737. The molecule has 3 aromatic rings. The summed E-state index contributed by atoms with van der Waals surface area (Å²) in [6.45, 7) is 2.10. The Morgan fingerprint density at radius 3 is 2.90 bits per heavy atom. The van der Waals surface area contributed by atoms with Crippen molar-refractivity contribution >= 4 is 11.2 Å². The van der Waals surface area contributed by atoms with E-state index in [-0.39, 0.29) is 0 Å². The molecule has 0 aliphatic rings. The predicted molar refractivity (Wildman–Crippen MR) is 75.0 cm³/mol. The quantitative estimate of drug-likeness (QED) is 0.726. The molecule has 2 aromatic heterocycles. The molecular formula is C14H15N5O. The summed E-state index contributed by atoms with van der Waals surface area (Å²) in [7, 11) is 1.63. The molecule has 0 spiro atoms. The molecule has 0 unspecified atom stereocenters. The number of benzene rings is 1. The van der Waals surface area contributed by atoms with Gasteiger partial charge in [0.05, 0.1) is 13.3 Å². The van der Waals surface area contributed by atoms with E-state index in [1.54, 1.807) is 18.0 Å². The van der Waals surface area contributed by atoms with Crippen LogP contribution in [0.2, 0.25) is 0 Å². The van der Waals surface area contributed by atoms with Crippen molar-refractivity contribution in [3.8, 4) is 11.4 Å². The molecule has 2 heterocycles. The second kappa shape index (κ2) is 5.24. The number of methoxy groups -OCH3 is 1. The van der Waals surface area contributed by atoms with E-state index in [2.05, 4.69) is 27.2 Å². The fraction of sp³-hybridized carbons (Fsp3) is 0.286. The first-order chi connectivity index (χ1) is 9.83. The lowest BCUT2D eigenvalue weighted by Crippen LogP contribution is -2.02. The van der Waals surface area contributed by atoms with E-state index in [9.17, 15) is 0 Å². The Hall–Kier alpha value is -2.50. The van der Waals surface area contributed by atoms with Crippen molar-refractivity contribution in [3.05, 3.63) is 36.3 Å². The van der Waals surface area contributed by atoms with Crippen LogP contribution in [0.15, 0.2) is 30.5 Å². The largest absolute Gasteiger partial charge is 0.494 e. The fourth-order valence-electron chi connectivity index (χ4n) is 2.07. The zero-order valence-corrected chi connectivity index (χ0v) is 11.4. The van der Waals surface area contributed by atoms with E-state index in [4.69, 9.17) is 4.74 Å². The van der Waals surface area contributed by atoms with Crippen LogP contribution in [0.5, 0.6) is 5.75 Å². The van der Waals surface area contributed by atoms with Gasteiger partial charge < -0.3 is 4.74 Å². The lowest BCUT2D eigenvalue weighted by Gasteiger charge is -2.07. The van der Waals surface area contributed by atoms with E-state index >= 15 is 0 Å². The lowest BCUT2D eigenvalue weighted by molar-refractivity contribution is 0.411. The summed E-state index contributed by atoms with van der Waals surface area (Å²) in [6.07, 6.45) is 3.56. The molecule has 0 saturated carbocycles. The minimum atomic E-state index is 0.677. The van der Waals surface area contributed by atoms with Gasteiger partial charge in [-0.05, 0) is 18.6 Å². The third-order valence-electron chi connectivity index (χ3n) is 3.03. The van der Waals surface area contributed by atoms with Gasteiger partial charge >= 0.3 is 0 Å². The van der Waals surface area contributed by atoms with Crippen LogP contribution in [0.1, 0.15) is 19.2 Å². The first-order valence-electron chi connectivity index (χ1n) is 6.54. The zero-order chi connectivity index (χ0) is 13.9. The number of nitrogens with zero attached hydrogens (tertiary/aromatic N) is 5. The number of aromatic nitrogens is 5. The predicted octanol–water partition coefficient (Wildman–Crippen LogP) is 2.17. The van der Waals surface area contributed by atoms with Crippen molar-refractivity contribution in [1.29, 1.82) is 0 Å².